The molecule has 0 aliphatic rings. The van der Waals surface area contributed by atoms with Gasteiger partial charge in [0.15, 0.2) is 4.34 Å². The van der Waals surface area contributed by atoms with E-state index in [9.17, 15) is 0 Å². The first-order valence-corrected chi connectivity index (χ1v) is 8.08. The van der Waals surface area contributed by atoms with Crippen molar-refractivity contribution in [1.29, 1.82) is 0 Å². The van der Waals surface area contributed by atoms with Gasteiger partial charge in [-0.3, -0.25) is 4.98 Å². The highest BCUT2D eigenvalue weighted by Crippen LogP contribution is 2.32. The van der Waals surface area contributed by atoms with Crippen LogP contribution in [-0.2, 0) is 5.75 Å². The van der Waals surface area contributed by atoms with Gasteiger partial charge >= 0.3 is 0 Å². The highest BCUT2D eigenvalue weighted by atomic mass is 35.5. The third kappa shape index (κ3) is 2.59. The molecule has 0 amide bonds. The summed E-state index contributed by atoms with van der Waals surface area (Å²) in [4.78, 5) is 4.63. The molecule has 2 heterocycles. The highest BCUT2D eigenvalue weighted by Gasteiger charge is 2.11. The molecule has 20 heavy (non-hydrogen) atoms. The van der Waals surface area contributed by atoms with Gasteiger partial charge in [-0.15, -0.1) is 10.2 Å². The number of nitrogen functional groups attached to an aromatic ring is 1. The molecule has 0 atom stereocenters. The quantitative estimate of drug-likeness (QED) is 0.740. The number of nitrogens with zero attached hydrogens (tertiary/aromatic N) is 3. The summed E-state index contributed by atoms with van der Waals surface area (Å²) in [6, 6.07) is 8.00. The molecule has 0 aliphatic heterocycles. The molecule has 4 nitrogen and oxygen atoms in total. The average molecular weight is 323 g/mol. The van der Waals surface area contributed by atoms with E-state index in [1.54, 1.807) is 11.8 Å². The van der Waals surface area contributed by atoms with E-state index in [2.05, 4.69) is 15.2 Å². The molecular formula is C13H11ClN4S2. The second kappa shape index (κ2) is 5.55. The van der Waals surface area contributed by atoms with Crippen molar-refractivity contribution < 1.29 is 0 Å². The smallest absolute Gasteiger partial charge is 0.203 e. The Morgan fingerprint density at radius 2 is 2.10 bits per heavy atom. The fourth-order valence-electron chi connectivity index (χ4n) is 1.92. The number of pyridine rings is 1. The normalized spacial score (nSPS) is 11.1. The number of rotatable bonds is 3. The molecule has 0 fully saturated rings. The van der Waals surface area contributed by atoms with Crippen molar-refractivity contribution in [2.75, 3.05) is 5.73 Å². The zero-order chi connectivity index (χ0) is 14.1. The van der Waals surface area contributed by atoms with Crippen LogP contribution in [0.1, 0.15) is 11.3 Å². The summed E-state index contributed by atoms with van der Waals surface area (Å²) in [5.74, 6) is 0.652. The number of nitrogens with two attached hydrogens (primary N) is 1. The van der Waals surface area contributed by atoms with Crippen LogP contribution in [-0.4, -0.2) is 15.2 Å². The van der Waals surface area contributed by atoms with Crippen molar-refractivity contribution >= 4 is 50.7 Å². The second-order valence-electron chi connectivity index (χ2n) is 4.21. The molecule has 2 N–H and O–H groups in total. The molecule has 7 heteroatoms. The van der Waals surface area contributed by atoms with E-state index in [-0.39, 0.29) is 0 Å². The third-order valence-corrected chi connectivity index (χ3v) is 5.30. The van der Waals surface area contributed by atoms with Crippen LogP contribution in [0.25, 0.3) is 10.9 Å². The Kier molecular flexibility index (Phi) is 3.78. The van der Waals surface area contributed by atoms with Crippen molar-refractivity contribution in [3.05, 3.63) is 40.5 Å². The van der Waals surface area contributed by atoms with Crippen molar-refractivity contribution in [2.24, 2.45) is 0 Å². The minimum atomic E-state index is 0.473. The first-order chi connectivity index (χ1) is 9.65. The molecule has 3 aromatic rings. The van der Waals surface area contributed by atoms with E-state index in [0.717, 1.165) is 26.5 Å². The summed E-state index contributed by atoms with van der Waals surface area (Å²) in [6.07, 6.45) is 0. The van der Waals surface area contributed by atoms with E-state index in [1.165, 1.54) is 11.3 Å². The Morgan fingerprint density at radius 1 is 1.30 bits per heavy atom. The molecule has 102 valence electrons. The molecule has 0 saturated carbocycles. The number of fused-ring (bicyclic) bond motifs is 1. The first kappa shape index (κ1) is 13.6. The Bertz CT molecular complexity index is 772. The summed E-state index contributed by atoms with van der Waals surface area (Å²) < 4.78 is 0.825. The molecular weight excluding hydrogens is 312 g/mol. The van der Waals surface area contributed by atoms with E-state index in [0.29, 0.717) is 15.9 Å². The largest absolute Gasteiger partial charge is 0.374 e. The predicted molar refractivity (Wildman–Crippen MR) is 85.4 cm³/mol. The first-order valence-electron chi connectivity index (χ1n) is 5.90. The standard InChI is InChI=1S/C13H11ClN4S2/c1-7-8-4-2-3-5-9(8)16-10(11(7)14)6-19-13-18-17-12(15)20-13/h2-5H,6H2,1H3,(H2,15,17). The van der Waals surface area contributed by atoms with Crippen LogP contribution in [0.2, 0.25) is 5.02 Å². The number of hydrogen-bond donors (Lipinski definition) is 1. The lowest BCUT2D eigenvalue weighted by Gasteiger charge is -2.09. The molecule has 0 bridgehead atoms. The molecule has 0 radical (unpaired) electrons. The number of hydrogen-bond acceptors (Lipinski definition) is 6. The van der Waals surface area contributed by atoms with Gasteiger partial charge in [-0.05, 0) is 18.6 Å². The summed E-state index contributed by atoms with van der Waals surface area (Å²) in [5.41, 5.74) is 8.45. The Hall–Kier alpha value is -1.37. The Balaban J connectivity index is 1.93. The van der Waals surface area contributed by atoms with Gasteiger partial charge in [-0.2, -0.15) is 0 Å². The van der Waals surface area contributed by atoms with Gasteiger partial charge < -0.3 is 5.73 Å². The van der Waals surface area contributed by atoms with E-state index >= 15 is 0 Å². The topological polar surface area (TPSA) is 64.7 Å². The minimum absolute atomic E-state index is 0.473. The van der Waals surface area contributed by atoms with Crippen molar-refractivity contribution in [3.8, 4) is 0 Å². The van der Waals surface area contributed by atoms with Gasteiger partial charge in [-0.1, -0.05) is 52.9 Å². The fourth-order valence-corrected chi connectivity index (χ4v) is 3.79. The Morgan fingerprint density at radius 3 is 2.85 bits per heavy atom. The van der Waals surface area contributed by atoms with Gasteiger partial charge in [0.25, 0.3) is 0 Å². The van der Waals surface area contributed by atoms with Crippen LogP contribution < -0.4 is 5.73 Å². The van der Waals surface area contributed by atoms with Crippen molar-refractivity contribution in [3.63, 3.8) is 0 Å². The number of thioether (sulfide) groups is 1. The lowest BCUT2D eigenvalue weighted by Crippen LogP contribution is -1.94. The monoisotopic (exact) mass is 322 g/mol. The van der Waals surface area contributed by atoms with E-state index in [4.69, 9.17) is 17.3 Å². The summed E-state index contributed by atoms with van der Waals surface area (Å²) in [5, 5.41) is 10.1. The maximum atomic E-state index is 6.41. The molecule has 1 aromatic carbocycles. The molecule has 2 aromatic heterocycles. The average Bonchev–Trinajstić information content (AvgIpc) is 2.87. The maximum absolute atomic E-state index is 6.41. The fraction of sp³-hybridized carbons (Fsp3) is 0.154. The number of para-hydroxylation sites is 1. The van der Waals surface area contributed by atoms with Gasteiger partial charge in [-0.25, -0.2) is 0 Å². The minimum Gasteiger partial charge on any atom is -0.374 e. The molecule has 0 aliphatic carbocycles. The lowest BCUT2D eigenvalue weighted by molar-refractivity contribution is 1.02. The van der Waals surface area contributed by atoms with E-state index in [1.807, 2.05) is 31.2 Å². The van der Waals surface area contributed by atoms with Gasteiger partial charge in [0.05, 0.1) is 16.2 Å². The van der Waals surface area contributed by atoms with E-state index < -0.39 is 0 Å². The van der Waals surface area contributed by atoms with Gasteiger partial charge in [0.2, 0.25) is 5.13 Å². The zero-order valence-corrected chi connectivity index (χ0v) is 13.0. The van der Waals surface area contributed by atoms with Crippen LogP contribution in [0.15, 0.2) is 28.6 Å². The van der Waals surface area contributed by atoms with Crippen LogP contribution in [0.4, 0.5) is 5.13 Å². The highest BCUT2D eigenvalue weighted by molar-refractivity contribution is 8.00. The van der Waals surface area contributed by atoms with Crippen LogP contribution in [0, 0.1) is 6.92 Å². The molecule has 0 unspecified atom stereocenters. The van der Waals surface area contributed by atoms with Gasteiger partial charge in [0.1, 0.15) is 0 Å². The summed E-state index contributed by atoms with van der Waals surface area (Å²) in [6.45, 7) is 2.02. The molecule has 0 saturated heterocycles. The van der Waals surface area contributed by atoms with Gasteiger partial charge in [0, 0.05) is 11.1 Å². The number of anilines is 1. The molecule has 0 spiro atoms. The van der Waals surface area contributed by atoms with Crippen LogP contribution in [0.5, 0.6) is 0 Å². The SMILES string of the molecule is Cc1c(Cl)c(CSc2nnc(N)s2)nc2ccccc12. The number of halogens is 1. The summed E-state index contributed by atoms with van der Waals surface area (Å²) in [7, 11) is 0. The predicted octanol–water partition coefficient (Wildman–Crippen LogP) is 3.92. The lowest BCUT2D eigenvalue weighted by atomic mass is 10.1. The maximum Gasteiger partial charge on any atom is 0.203 e. The van der Waals surface area contributed by atoms with Crippen molar-refractivity contribution in [2.45, 2.75) is 17.0 Å². The van der Waals surface area contributed by atoms with Crippen LogP contribution >= 0.6 is 34.7 Å². The van der Waals surface area contributed by atoms with Crippen molar-refractivity contribution in [1.82, 2.24) is 15.2 Å². The number of benzene rings is 1. The summed E-state index contributed by atoms with van der Waals surface area (Å²) >= 11 is 9.32. The second-order valence-corrected chi connectivity index (χ2v) is 6.82. The molecule has 3 rings (SSSR count). The number of aryl methyl sites for hydroxylation is 1. The zero-order valence-electron chi connectivity index (χ0n) is 10.6. The Labute approximate surface area is 129 Å². The van der Waals surface area contributed by atoms with Crippen LogP contribution in [0.3, 0.4) is 0 Å². The third-order valence-electron chi connectivity index (χ3n) is 2.90. The number of aromatic nitrogens is 3.